The van der Waals surface area contributed by atoms with Crippen molar-refractivity contribution >= 4 is 17.5 Å². The van der Waals surface area contributed by atoms with Crippen molar-refractivity contribution in [1.29, 1.82) is 0 Å². The number of aromatic nitrogens is 2. The van der Waals surface area contributed by atoms with E-state index in [-0.39, 0.29) is 0 Å². The molecule has 0 aliphatic heterocycles. The van der Waals surface area contributed by atoms with Crippen LogP contribution >= 0.6 is 0 Å². The van der Waals surface area contributed by atoms with Crippen LogP contribution in [0.5, 0.6) is 11.5 Å². The summed E-state index contributed by atoms with van der Waals surface area (Å²) >= 11 is 0. The normalized spacial score (nSPS) is 10.2. The molecule has 0 aliphatic rings. The maximum Gasteiger partial charge on any atom is 0.224 e. The highest BCUT2D eigenvalue weighted by Gasteiger charge is 2.04. The van der Waals surface area contributed by atoms with E-state index in [9.17, 15) is 0 Å². The van der Waals surface area contributed by atoms with Gasteiger partial charge in [-0.3, -0.25) is 0 Å². The fourth-order valence-electron chi connectivity index (χ4n) is 2.51. The summed E-state index contributed by atoms with van der Waals surface area (Å²) in [5.41, 5.74) is 2.08. The molecular weight excluding hydrogens is 328 g/mol. The van der Waals surface area contributed by atoms with Crippen LogP contribution in [0.4, 0.5) is 17.5 Å². The van der Waals surface area contributed by atoms with E-state index in [1.807, 2.05) is 42.5 Å². The predicted octanol–water partition coefficient (Wildman–Crippen LogP) is 3.89. The van der Waals surface area contributed by atoms with Gasteiger partial charge in [0.15, 0.2) is 0 Å². The molecule has 0 bridgehead atoms. The zero-order chi connectivity index (χ0) is 18.2. The van der Waals surface area contributed by atoms with Gasteiger partial charge in [0.25, 0.3) is 0 Å². The van der Waals surface area contributed by atoms with Gasteiger partial charge >= 0.3 is 0 Å². The summed E-state index contributed by atoms with van der Waals surface area (Å²) in [4.78, 5) is 8.76. The maximum absolute atomic E-state index is 5.35. The van der Waals surface area contributed by atoms with Crippen LogP contribution in [0.3, 0.4) is 0 Å². The van der Waals surface area contributed by atoms with Crippen molar-refractivity contribution in [2.45, 2.75) is 6.42 Å². The van der Waals surface area contributed by atoms with Crippen LogP contribution in [-0.2, 0) is 6.42 Å². The van der Waals surface area contributed by atoms with Gasteiger partial charge in [-0.15, -0.1) is 0 Å². The fraction of sp³-hybridized carbons (Fsp3) is 0.200. The molecule has 0 aliphatic carbocycles. The van der Waals surface area contributed by atoms with Crippen LogP contribution in [0.25, 0.3) is 0 Å². The van der Waals surface area contributed by atoms with Gasteiger partial charge in [-0.1, -0.05) is 24.3 Å². The van der Waals surface area contributed by atoms with E-state index in [0.29, 0.717) is 11.8 Å². The molecule has 3 rings (SSSR count). The third-order valence-corrected chi connectivity index (χ3v) is 3.88. The number of nitrogens with zero attached hydrogens (tertiary/aromatic N) is 2. The number of hydrogen-bond acceptors (Lipinski definition) is 6. The number of benzene rings is 2. The van der Waals surface area contributed by atoms with E-state index < -0.39 is 0 Å². The molecule has 0 radical (unpaired) electrons. The molecule has 0 unspecified atom stereocenters. The first-order valence-electron chi connectivity index (χ1n) is 8.38. The second-order valence-electron chi connectivity index (χ2n) is 5.62. The number of nitrogens with one attached hydrogen (secondary N) is 2. The van der Waals surface area contributed by atoms with Gasteiger partial charge in [0, 0.05) is 12.7 Å². The highest BCUT2D eigenvalue weighted by molar-refractivity contribution is 5.64. The molecule has 0 atom stereocenters. The molecular formula is C20H22N4O2. The van der Waals surface area contributed by atoms with Gasteiger partial charge in [0.1, 0.15) is 17.3 Å². The molecule has 2 N–H and O–H groups in total. The summed E-state index contributed by atoms with van der Waals surface area (Å²) in [5, 5.41) is 6.51. The van der Waals surface area contributed by atoms with Crippen molar-refractivity contribution in [2.75, 3.05) is 31.4 Å². The summed E-state index contributed by atoms with van der Waals surface area (Å²) in [6.45, 7) is 0.741. The molecule has 6 heteroatoms. The second-order valence-corrected chi connectivity index (χ2v) is 5.62. The Labute approximate surface area is 153 Å². The first-order valence-corrected chi connectivity index (χ1v) is 8.38. The summed E-state index contributed by atoms with van der Waals surface area (Å²) in [6, 6.07) is 17.6. The third-order valence-electron chi connectivity index (χ3n) is 3.88. The summed E-state index contributed by atoms with van der Waals surface area (Å²) in [5.74, 6) is 2.91. The first kappa shape index (κ1) is 17.5. The lowest BCUT2D eigenvalue weighted by Gasteiger charge is -2.11. The molecule has 3 aromatic rings. The molecule has 1 heterocycles. The largest absolute Gasteiger partial charge is 0.497 e. The van der Waals surface area contributed by atoms with E-state index in [0.717, 1.165) is 30.2 Å². The van der Waals surface area contributed by atoms with Crippen LogP contribution in [0.2, 0.25) is 0 Å². The maximum atomic E-state index is 5.35. The number of para-hydroxylation sites is 2. The van der Waals surface area contributed by atoms with Crippen LogP contribution in [-0.4, -0.2) is 30.7 Å². The minimum absolute atomic E-state index is 0.582. The van der Waals surface area contributed by atoms with Crippen LogP contribution in [0.15, 0.2) is 60.8 Å². The van der Waals surface area contributed by atoms with Crippen molar-refractivity contribution < 1.29 is 9.47 Å². The quantitative estimate of drug-likeness (QED) is 0.642. The molecule has 26 heavy (non-hydrogen) atoms. The van der Waals surface area contributed by atoms with Gasteiger partial charge < -0.3 is 20.1 Å². The number of rotatable bonds is 8. The topological polar surface area (TPSA) is 68.3 Å². The number of methoxy groups -OCH3 is 2. The van der Waals surface area contributed by atoms with Crippen molar-refractivity contribution in [3.05, 3.63) is 66.4 Å². The van der Waals surface area contributed by atoms with Gasteiger partial charge in [0.05, 0.1) is 19.9 Å². The fourth-order valence-corrected chi connectivity index (χ4v) is 2.51. The van der Waals surface area contributed by atoms with Gasteiger partial charge in [-0.05, 0) is 42.3 Å². The van der Waals surface area contributed by atoms with E-state index in [1.165, 1.54) is 5.56 Å². The zero-order valence-electron chi connectivity index (χ0n) is 14.9. The van der Waals surface area contributed by atoms with E-state index in [4.69, 9.17) is 9.47 Å². The van der Waals surface area contributed by atoms with Crippen molar-refractivity contribution in [2.24, 2.45) is 0 Å². The van der Waals surface area contributed by atoms with Crippen molar-refractivity contribution in [3.8, 4) is 11.5 Å². The minimum Gasteiger partial charge on any atom is -0.497 e. The highest BCUT2D eigenvalue weighted by atomic mass is 16.5. The minimum atomic E-state index is 0.582. The molecule has 6 nitrogen and oxygen atoms in total. The summed E-state index contributed by atoms with van der Waals surface area (Å²) < 4.78 is 10.5. The Bertz CT molecular complexity index is 837. The van der Waals surface area contributed by atoms with Crippen LogP contribution < -0.4 is 20.1 Å². The second kappa shape index (κ2) is 8.71. The molecule has 1 aromatic heterocycles. The number of ether oxygens (including phenoxy) is 2. The van der Waals surface area contributed by atoms with Crippen molar-refractivity contribution in [1.82, 2.24) is 9.97 Å². The Morgan fingerprint density at radius 2 is 1.73 bits per heavy atom. The van der Waals surface area contributed by atoms with Gasteiger partial charge in [-0.25, -0.2) is 4.98 Å². The lowest BCUT2D eigenvalue weighted by atomic mass is 10.1. The Kier molecular flexibility index (Phi) is 5.88. The lowest BCUT2D eigenvalue weighted by molar-refractivity contribution is 0.414. The van der Waals surface area contributed by atoms with Gasteiger partial charge in [-0.2, -0.15) is 4.98 Å². The summed E-state index contributed by atoms with van der Waals surface area (Å²) in [6.07, 6.45) is 2.60. The molecule has 0 fully saturated rings. The predicted molar refractivity (Wildman–Crippen MR) is 103 cm³/mol. The van der Waals surface area contributed by atoms with Gasteiger partial charge in [0.2, 0.25) is 5.95 Å². The smallest absolute Gasteiger partial charge is 0.224 e. The number of anilines is 3. The Hall–Kier alpha value is -3.28. The zero-order valence-corrected chi connectivity index (χ0v) is 14.9. The number of hydrogen-bond donors (Lipinski definition) is 2. The molecule has 0 saturated heterocycles. The molecule has 0 saturated carbocycles. The Morgan fingerprint density at radius 1 is 0.923 bits per heavy atom. The molecule has 2 aromatic carbocycles. The average Bonchev–Trinajstić information content (AvgIpc) is 2.69. The third kappa shape index (κ3) is 4.63. The van der Waals surface area contributed by atoms with Crippen molar-refractivity contribution in [3.63, 3.8) is 0 Å². The van der Waals surface area contributed by atoms with Crippen LogP contribution in [0.1, 0.15) is 5.56 Å². The highest BCUT2D eigenvalue weighted by Crippen LogP contribution is 2.26. The van der Waals surface area contributed by atoms with E-state index in [1.54, 1.807) is 20.4 Å². The van der Waals surface area contributed by atoms with E-state index in [2.05, 4.69) is 32.7 Å². The lowest BCUT2D eigenvalue weighted by Crippen LogP contribution is -2.08. The first-order chi connectivity index (χ1) is 12.8. The Balaban J connectivity index is 1.58. The molecule has 134 valence electrons. The standard InChI is InChI=1S/C20H22N4O2/c1-25-16-9-7-15(8-10-16)11-13-21-20-22-14-12-19(24-20)23-17-5-3-4-6-18(17)26-2/h3-10,12,14H,11,13H2,1-2H3,(H2,21,22,23,24). The SMILES string of the molecule is COc1ccc(CCNc2nccc(Nc3ccccc3OC)n2)cc1. The molecule has 0 amide bonds. The summed E-state index contributed by atoms with van der Waals surface area (Å²) in [7, 11) is 3.31. The van der Waals surface area contributed by atoms with E-state index >= 15 is 0 Å². The monoisotopic (exact) mass is 350 g/mol. The Morgan fingerprint density at radius 3 is 2.50 bits per heavy atom. The molecule has 0 spiro atoms. The average molecular weight is 350 g/mol. The van der Waals surface area contributed by atoms with Crippen LogP contribution in [0, 0.1) is 0 Å².